The number of hydrogen-bond acceptors (Lipinski definition) is 4. The molecule has 21 heavy (non-hydrogen) atoms. The molecule has 1 aromatic carbocycles. The number of nitrogens with one attached hydrogen (secondary N) is 2. The molecule has 0 saturated carbocycles. The van der Waals surface area contributed by atoms with Crippen molar-refractivity contribution in [2.24, 2.45) is 0 Å². The zero-order valence-corrected chi connectivity index (χ0v) is 12.7. The number of benzene rings is 1. The average Bonchev–Trinajstić information content (AvgIpc) is 2.93. The van der Waals surface area contributed by atoms with Crippen LogP contribution in [0.5, 0.6) is 0 Å². The second-order valence-corrected chi connectivity index (χ2v) is 6.72. The molecule has 7 heteroatoms. The van der Waals surface area contributed by atoms with Gasteiger partial charge in [0.15, 0.2) is 0 Å². The molecule has 1 aliphatic heterocycles. The van der Waals surface area contributed by atoms with Crippen LogP contribution >= 0.6 is 0 Å². The van der Waals surface area contributed by atoms with Gasteiger partial charge in [0.25, 0.3) is 10.0 Å². The summed E-state index contributed by atoms with van der Waals surface area (Å²) in [6.45, 7) is 3.53. The second kappa shape index (κ2) is 5.40. The Morgan fingerprint density at radius 2 is 2.29 bits per heavy atom. The molecule has 0 atom stereocenters. The minimum atomic E-state index is -3.59. The van der Waals surface area contributed by atoms with Crippen molar-refractivity contribution < 1.29 is 8.42 Å². The van der Waals surface area contributed by atoms with Crippen LogP contribution in [0.25, 0.3) is 0 Å². The van der Waals surface area contributed by atoms with Gasteiger partial charge >= 0.3 is 0 Å². The molecule has 3 rings (SSSR count). The summed E-state index contributed by atoms with van der Waals surface area (Å²) in [5.74, 6) is 0. The van der Waals surface area contributed by atoms with Crippen LogP contribution in [-0.4, -0.2) is 24.7 Å². The van der Waals surface area contributed by atoms with E-state index in [-0.39, 0.29) is 4.90 Å². The topological polar surface area (TPSA) is 76.0 Å². The van der Waals surface area contributed by atoms with Crippen LogP contribution in [0, 0.1) is 0 Å². The van der Waals surface area contributed by atoms with E-state index < -0.39 is 10.0 Å². The number of hydrogen-bond donors (Lipinski definition) is 2. The molecule has 2 heterocycles. The largest absolute Gasteiger partial charge is 0.385 e. The van der Waals surface area contributed by atoms with Gasteiger partial charge in [-0.25, -0.2) is 8.42 Å². The molecule has 2 N–H and O–H groups in total. The van der Waals surface area contributed by atoms with Crippen LogP contribution in [0.15, 0.2) is 35.5 Å². The maximum Gasteiger partial charge on any atom is 0.262 e. The average molecular weight is 306 g/mol. The van der Waals surface area contributed by atoms with E-state index in [0.717, 1.165) is 25.1 Å². The second-order valence-electron chi connectivity index (χ2n) is 5.04. The molecule has 0 bridgehead atoms. The smallest absolute Gasteiger partial charge is 0.262 e. The molecule has 0 spiro atoms. The molecule has 0 saturated heterocycles. The highest BCUT2D eigenvalue weighted by molar-refractivity contribution is 7.92. The number of anilines is 2. The van der Waals surface area contributed by atoms with Crippen molar-refractivity contribution in [3.8, 4) is 0 Å². The first-order valence-corrected chi connectivity index (χ1v) is 8.49. The van der Waals surface area contributed by atoms with Gasteiger partial charge in [-0.3, -0.25) is 9.40 Å². The molecule has 0 radical (unpaired) electrons. The lowest BCUT2D eigenvalue weighted by Gasteiger charge is -2.18. The monoisotopic (exact) mass is 306 g/mol. The van der Waals surface area contributed by atoms with Crippen LogP contribution in [0.2, 0.25) is 0 Å². The Kier molecular flexibility index (Phi) is 3.59. The quantitative estimate of drug-likeness (QED) is 0.906. The molecule has 6 nitrogen and oxygen atoms in total. The maximum atomic E-state index is 12.4. The minimum Gasteiger partial charge on any atom is -0.385 e. The Labute approximate surface area is 124 Å². The van der Waals surface area contributed by atoms with Crippen LogP contribution < -0.4 is 10.0 Å². The normalized spacial score (nSPS) is 14.3. The fourth-order valence-corrected chi connectivity index (χ4v) is 3.46. The highest BCUT2D eigenvalue weighted by Gasteiger charge is 2.18. The van der Waals surface area contributed by atoms with Crippen molar-refractivity contribution in [1.29, 1.82) is 0 Å². The van der Waals surface area contributed by atoms with E-state index in [9.17, 15) is 8.42 Å². The lowest BCUT2D eigenvalue weighted by Crippen LogP contribution is -2.16. The van der Waals surface area contributed by atoms with E-state index in [1.165, 1.54) is 11.8 Å². The lowest BCUT2D eigenvalue weighted by atomic mass is 10.0. The Hall–Kier alpha value is -2.02. The third-order valence-electron chi connectivity index (χ3n) is 3.54. The number of aryl methyl sites for hydroxylation is 2. The molecule has 0 aliphatic carbocycles. The van der Waals surface area contributed by atoms with E-state index >= 15 is 0 Å². The first-order valence-electron chi connectivity index (χ1n) is 7.00. The molecule has 1 aliphatic rings. The van der Waals surface area contributed by atoms with Gasteiger partial charge in [-0.1, -0.05) is 6.07 Å². The van der Waals surface area contributed by atoms with E-state index in [0.29, 0.717) is 12.2 Å². The molecular weight excluding hydrogens is 288 g/mol. The summed E-state index contributed by atoms with van der Waals surface area (Å²) < 4.78 is 29.0. The Morgan fingerprint density at radius 3 is 3.05 bits per heavy atom. The highest BCUT2D eigenvalue weighted by atomic mass is 32.2. The van der Waals surface area contributed by atoms with E-state index in [1.807, 2.05) is 13.0 Å². The first kappa shape index (κ1) is 13.9. The number of rotatable bonds is 4. The van der Waals surface area contributed by atoms with Crippen molar-refractivity contribution in [2.75, 3.05) is 16.6 Å². The third kappa shape index (κ3) is 2.87. The predicted octanol–water partition coefficient (Wildman–Crippen LogP) is 2.06. The molecule has 1 aromatic heterocycles. The summed E-state index contributed by atoms with van der Waals surface area (Å²) in [4.78, 5) is 0.264. The summed E-state index contributed by atoms with van der Waals surface area (Å²) in [5.41, 5.74) is 2.55. The van der Waals surface area contributed by atoms with E-state index in [2.05, 4.69) is 15.1 Å². The summed E-state index contributed by atoms with van der Waals surface area (Å²) in [6.07, 6.45) is 5.25. The van der Waals surface area contributed by atoms with Gasteiger partial charge in [0.2, 0.25) is 0 Å². The first-order chi connectivity index (χ1) is 10.1. The summed E-state index contributed by atoms with van der Waals surface area (Å²) in [5, 5.41) is 7.30. The predicted molar refractivity (Wildman–Crippen MR) is 82.0 cm³/mol. The van der Waals surface area contributed by atoms with E-state index in [4.69, 9.17) is 0 Å². The van der Waals surface area contributed by atoms with Gasteiger partial charge in [-0.05, 0) is 37.5 Å². The Morgan fingerprint density at radius 1 is 1.43 bits per heavy atom. The molecule has 0 unspecified atom stereocenters. The SMILES string of the molecule is CCn1cc(NS(=O)(=O)c2ccc3c(c2)NCCC3)cn1. The molecular formula is C14H18N4O2S. The number of aromatic nitrogens is 2. The van der Waals surface area contributed by atoms with Gasteiger partial charge < -0.3 is 5.32 Å². The van der Waals surface area contributed by atoms with Crippen molar-refractivity contribution >= 4 is 21.4 Å². The molecule has 0 amide bonds. The molecule has 0 fully saturated rings. The summed E-state index contributed by atoms with van der Waals surface area (Å²) in [7, 11) is -3.59. The highest BCUT2D eigenvalue weighted by Crippen LogP contribution is 2.26. The van der Waals surface area contributed by atoms with Crippen molar-refractivity contribution in [2.45, 2.75) is 31.2 Å². The van der Waals surface area contributed by atoms with Gasteiger partial charge in [-0.2, -0.15) is 5.10 Å². The van der Waals surface area contributed by atoms with Crippen molar-refractivity contribution in [3.05, 3.63) is 36.2 Å². The number of nitrogens with zero attached hydrogens (tertiary/aromatic N) is 2. The van der Waals surface area contributed by atoms with Gasteiger partial charge in [0, 0.05) is 25.0 Å². The summed E-state index contributed by atoms with van der Waals surface area (Å²) >= 11 is 0. The fraction of sp³-hybridized carbons (Fsp3) is 0.357. The van der Waals surface area contributed by atoms with E-state index in [1.54, 1.807) is 23.0 Å². The van der Waals surface area contributed by atoms with Gasteiger partial charge in [0.05, 0.1) is 16.8 Å². The molecule has 2 aromatic rings. The maximum absolute atomic E-state index is 12.4. The number of sulfonamides is 1. The number of fused-ring (bicyclic) bond motifs is 1. The van der Waals surface area contributed by atoms with Crippen molar-refractivity contribution in [3.63, 3.8) is 0 Å². The zero-order valence-electron chi connectivity index (χ0n) is 11.8. The summed E-state index contributed by atoms with van der Waals surface area (Å²) in [6, 6.07) is 5.23. The lowest BCUT2D eigenvalue weighted by molar-refractivity contribution is 0.601. The van der Waals surface area contributed by atoms with Crippen molar-refractivity contribution in [1.82, 2.24) is 9.78 Å². The van der Waals surface area contributed by atoms with Crippen LogP contribution in [0.4, 0.5) is 11.4 Å². The Bertz CT molecular complexity index is 752. The van der Waals surface area contributed by atoms with Crippen LogP contribution in [0.3, 0.4) is 0 Å². The van der Waals surface area contributed by atoms with Gasteiger partial charge in [-0.15, -0.1) is 0 Å². The minimum absolute atomic E-state index is 0.264. The standard InChI is InChI=1S/C14H18N4O2S/c1-2-18-10-12(9-16-18)17-21(19,20)13-6-5-11-4-3-7-15-14(11)8-13/h5-6,8-10,15,17H,2-4,7H2,1H3. The fourth-order valence-electron chi connectivity index (χ4n) is 2.41. The Balaban J connectivity index is 1.87. The zero-order chi connectivity index (χ0) is 14.9. The van der Waals surface area contributed by atoms with Gasteiger partial charge in [0.1, 0.15) is 0 Å². The molecule has 112 valence electrons. The van der Waals surface area contributed by atoms with Crippen LogP contribution in [0.1, 0.15) is 18.9 Å². The third-order valence-corrected chi connectivity index (χ3v) is 4.92. The van der Waals surface area contributed by atoms with Crippen LogP contribution in [-0.2, 0) is 23.0 Å².